The smallest absolute Gasteiger partial charge is 0.234 e. The van der Waals surface area contributed by atoms with Crippen molar-refractivity contribution < 1.29 is 4.79 Å². The summed E-state index contributed by atoms with van der Waals surface area (Å²) in [5, 5.41) is 24.4. The summed E-state index contributed by atoms with van der Waals surface area (Å²) in [6, 6.07) is 2.31. The molecule has 0 bridgehead atoms. The molecule has 1 fully saturated rings. The first kappa shape index (κ1) is 17.7. The maximum atomic E-state index is 12.5. The Balaban J connectivity index is 2.03. The molecule has 0 saturated heterocycles. The molecule has 1 aliphatic rings. The van der Waals surface area contributed by atoms with Crippen molar-refractivity contribution >= 4 is 17.7 Å². The summed E-state index contributed by atoms with van der Waals surface area (Å²) in [7, 11) is 0. The Hall–Kier alpha value is -1.62. The van der Waals surface area contributed by atoms with Gasteiger partial charge in [-0.05, 0) is 51.0 Å². The van der Waals surface area contributed by atoms with Crippen LogP contribution in [0.1, 0.15) is 59.8 Å². The molecule has 126 valence electrons. The van der Waals surface area contributed by atoms with Crippen LogP contribution in [0.4, 0.5) is 0 Å². The average molecular weight is 336 g/mol. The van der Waals surface area contributed by atoms with Gasteiger partial charge in [0, 0.05) is 0 Å². The summed E-state index contributed by atoms with van der Waals surface area (Å²) in [5.74, 6) is -0.137. The summed E-state index contributed by atoms with van der Waals surface area (Å²) in [5.41, 5.74) is -0.959. The van der Waals surface area contributed by atoms with Crippen molar-refractivity contribution in [2.45, 2.75) is 81.3 Å². The molecule has 0 aliphatic heterocycles. The van der Waals surface area contributed by atoms with Crippen LogP contribution in [0.2, 0.25) is 0 Å². The molecule has 0 aromatic carbocycles. The minimum Gasteiger partial charge on any atom is -0.337 e. The fraction of sp³-hybridized carbons (Fsp3) is 0.800. The standard InChI is InChI=1S/C15H24N6OS/c1-11(23-13-18-19-20-21(13)14(2,3)4)12(22)17-15(10-16)8-6-5-7-9-15/h11H,5-9H2,1-4H3,(H,17,22)/t11-/m0/s1. The van der Waals surface area contributed by atoms with Gasteiger partial charge in [-0.3, -0.25) is 4.79 Å². The highest BCUT2D eigenvalue weighted by molar-refractivity contribution is 8.00. The number of rotatable bonds is 4. The minimum absolute atomic E-state index is 0.137. The molecule has 2 rings (SSSR count). The lowest BCUT2D eigenvalue weighted by atomic mass is 9.83. The van der Waals surface area contributed by atoms with Gasteiger partial charge in [0.15, 0.2) is 0 Å². The zero-order chi connectivity index (χ0) is 17.1. The molecule has 0 unspecified atom stereocenters. The highest BCUT2D eigenvalue weighted by Gasteiger charge is 2.35. The Morgan fingerprint density at radius 1 is 1.39 bits per heavy atom. The summed E-state index contributed by atoms with van der Waals surface area (Å²) >= 11 is 1.32. The zero-order valence-electron chi connectivity index (χ0n) is 14.2. The van der Waals surface area contributed by atoms with E-state index in [1.165, 1.54) is 11.8 Å². The monoisotopic (exact) mass is 336 g/mol. The van der Waals surface area contributed by atoms with Gasteiger partial charge in [-0.25, -0.2) is 4.68 Å². The molecule has 8 heteroatoms. The third-order valence-electron chi connectivity index (χ3n) is 4.01. The van der Waals surface area contributed by atoms with E-state index in [0.717, 1.165) is 32.1 Å². The van der Waals surface area contributed by atoms with Crippen molar-refractivity contribution in [1.82, 2.24) is 25.5 Å². The number of aromatic nitrogens is 4. The van der Waals surface area contributed by atoms with Gasteiger partial charge in [-0.1, -0.05) is 31.0 Å². The second-order valence-corrected chi connectivity index (χ2v) is 8.36. The molecule has 1 N–H and O–H groups in total. The minimum atomic E-state index is -0.708. The van der Waals surface area contributed by atoms with Gasteiger partial charge in [0.25, 0.3) is 0 Å². The van der Waals surface area contributed by atoms with Crippen LogP contribution >= 0.6 is 11.8 Å². The van der Waals surface area contributed by atoms with E-state index >= 15 is 0 Å². The molecule has 1 aromatic heterocycles. The van der Waals surface area contributed by atoms with Crippen molar-refractivity contribution in [3.05, 3.63) is 0 Å². The first-order chi connectivity index (χ1) is 10.8. The number of carbonyl (C=O) groups excluding carboxylic acids is 1. The van der Waals surface area contributed by atoms with E-state index in [-0.39, 0.29) is 16.7 Å². The molecule has 1 heterocycles. The predicted molar refractivity (Wildman–Crippen MR) is 87.7 cm³/mol. The summed E-state index contributed by atoms with van der Waals surface area (Å²) < 4.78 is 1.71. The van der Waals surface area contributed by atoms with Crippen molar-refractivity contribution in [2.24, 2.45) is 0 Å². The lowest BCUT2D eigenvalue weighted by Crippen LogP contribution is -2.51. The van der Waals surface area contributed by atoms with Crippen LogP contribution in [0.5, 0.6) is 0 Å². The molecule has 7 nitrogen and oxygen atoms in total. The number of nitrogens with zero attached hydrogens (tertiary/aromatic N) is 5. The molecule has 1 aromatic rings. The highest BCUT2D eigenvalue weighted by Crippen LogP contribution is 2.29. The third kappa shape index (κ3) is 4.22. The first-order valence-electron chi connectivity index (χ1n) is 7.96. The molecular formula is C15H24N6OS. The van der Waals surface area contributed by atoms with Gasteiger partial charge in [0.05, 0.1) is 16.9 Å². The van der Waals surface area contributed by atoms with Crippen molar-refractivity contribution in [3.63, 3.8) is 0 Å². The Morgan fingerprint density at radius 3 is 2.61 bits per heavy atom. The maximum Gasteiger partial charge on any atom is 0.234 e. The molecule has 1 saturated carbocycles. The number of tetrazole rings is 1. The molecule has 1 amide bonds. The summed E-state index contributed by atoms with van der Waals surface area (Å²) in [6.45, 7) is 7.83. The fourth-order valence-electron chi connectivity index (χ4n) is 2.64. The number of thioether (sulfide) groups is 1. The van der Waals surface area contributed by atoms with Crippen molar-refractivity contribution in [1.29, 1.82) is 5.26 Å². The SMILES string of the molecule is C[C@H](Sc1nnnn1C(C)(C)C)C(=O)NC1(C#N)CCCCC1. The van der Waals surface area contributed by atoms with E-state index in [1.54, 1.807) is 4.68 Å². The van der Waals surface area contributed by atoms with Gasteiger partial charge in [-0.15, -0.1) is 5.10 Å². The first-order valence-corrected chi connectivity index (χ1v) is 8.84. The third-order valence-corrected chi connectivity index (χ3v) is 5.04. The van der Waals surface area contributed by atoms with Gasteiger partial charge < -0.3 is 5.32 Å². The van der Waals surface area contributed by atoms with Gasteiger partial charge in [0.2, 0.25) is 11.1 Å². The predicted octanol–water partition coefficient (Wildman–Crippen LogP) is 2.25. The fourth-order valence-corrected chi connectivity index (χ4v) is 3.62. The van der Waals surface area contributed by atoms with E-state index in [4.69, 9.17) is 0 Å². The van der Waals surface area contributed by atoms with E-state index in [0.29, 0.717) is 5.16 Å². The Kier molecular flexibility index (Phi) is 5.30. The van der Waals surface area contributed by atoms with Crippen LogP contribution in [0, 0.1) is 11.3 Å². The topological polar surface area (TPSA) is 96.5 Å². The number of nitriles is 1. The van der Waals surface area contributed by atoms with Crippen LogP contribution in [0.3, 0.4) is 0 Å². The Morgan fingerprint density at radius 2 is 2.04 bits per heavy atom. The Bertz CT molecular complexity index is 594. The largest absolute Gasteiger partial charge is 0.337 e. The summed E-state index contributed by atoms with van der Waals surface area (Å²) in [6.07, 6.45) is 4.55. The van der Waals surface area contributed by atoms with E-state index in [2.05, 4.69) is 26.9 Å². The van der Waals surface area contributed by atoms with Crippen LogP contribution < -0.4 is 5.32 Å². The van der Waals surface area contributed by atoms with Crippen molar-refractivity contribution in [3.8, 4) is 6.07 Å². The number of carbonyl (C=O) groups is 1. The number of nitrogens with one attached hydrogen (secondary N) is 1. The summed E-state index contributed by atoms with van der Waals surface area (Å²) in [4.78, 5) is 12.5. The normalized spacial score (nSPS) is 18.9. The number of hydrogen-bond acceptors (Lipinski definition) is 6. The molecule has 23 heavy (non-hydrogen) atoms. The molecular weight excluding hydrogens is 312 g/mol. The van der Waals surface area contributed by atoms with E-state index in [9.17, 15) is 10.1 Å². The quantitative estimate of drug-likeness (QED) is 0.847. The lowest BCUT2D eigenvalue weighted by molar-refractivity contribution is -0.122. The van der Waals surface area contributed by atoms with E-state index in [1.807, 2.05) is 27.7 Å². The molecule has 0 spiro atoms. The second kappa shape index (κ2) is 6.87. The van der Waals surface area contributed by atoms with Crippen LogP contribution in [0.15, 0.2) is 5.16 Å². The van der Waals surface area contributed by atoms with Crippen LogP contribution in [-0.4, -0.2) is 36.9 Å². The lowest BCUT2D eigenvalue weighted by Gasteiger charge is -2.32. The van der Waals surface area contributed by atoms with Crippen LogP contribution in [0.25, 0.3) is 0 Å². The highest BCUT2D eigenvalue weighted by atomic mass is 32.2. The molecule has 1 atom stereocenters. The second-order valence-electron chi connectivity index (χ2n) is 7.05. The average Bonchev–Trinajstić information content (AvgIpc) is 2.96. The van der Waals surface area contributed by atoms with Crippen LogP contribution in [-0.2, 0) is 10.3 Å². The number of hydrogen-bond donors (Lipinski definition) is 1. The molecule has 1 aliphatic carbocycles. The Labute approximate surface area is 141 Å². The van der Waals surface area contributed by atoms with Gasteiger partial charge in [-0.2, -0.15) is 5.26 Å². The van der Waals surface area contributed by atoms with Gasteiger partial charge >= 0.3 is 0 Å². The van der Waals surface area contributed by atoms with E-state index < -0.39 is 5.54 Å². The maximum absolute atomic E-state index is 12.5. The zero-order valence-corrected chi connectivity index (χ0v) is 15.0. The van der Waals surface area contributed by atoms with Gasteiger partial charge in [0.1, 0.15) is 5.54 Å². The molecule has 0 radical (unpaired) electrons. The number of amides is 1. The van der Waals surface area contributed by atoms with Crippen molar-refractivity contribution in [2.75, 3.05) is 0 Å².